The Hall–Kier alpha value is -2.29. The van der Waals surface area contributed by atoms with Gasteiger partial charge >= 0.3 is 0 Å². The minimum Gasteiger partial charge on any atom is -0.497 e. The Morgan fingerprint density at radius 2 is 2.06 bits per heavy atom. The summed E-state index contributed by atoms with van der Waals surface area (Å²) in [5.41, 5.74) is 3.39. The molecule has 2 aromatic heterocycles. The SMILES string of the molecule is COc1cccc(-c2ncc3cc(C)ccn23)c1. The number of imidazole rings is 1. The maximum atomic E-state index is 5.25. The molecular formula is C15H14N2O. The van der Waals surface area contributed by atoms with E-state index in [9.17, 15) is 0 Å². The van der Waals surface area contributed by atoms with E-state index in [1.54, 1.807) is 7.11 Å². The lowest BCUT2D eigenvalue weighted by atomic mass is 10.2. The summed E-state index contributed by atoms with van der Waals surface area (Å²) in [4.78, 5) is 4.49. The molecule has 3 rings (SSSR count). The first-order valence-corrected chi connectivity index (χ1v) is 5.86. The van der Waals surface area contributed by atoms with Gasteiger partial charge in [0, 0.05) is 11.8 Å². The largest absolute Gasteiger partial charge is 0.497 e. The molecule has 3 heteroatoms. The molecule has 0 bridgehead atoms. The number of fused-ring (bicyclic) bond motifs is 1. The molecule has 18 heavy (non-hydrogen) atoms. The van der Waals surface area contributed by atoms with Crippen LogP contribution in [0.15, 0.2) is 48.8 Å². The van der Waals surface area contributed by atoms with Crippen LogP contribution in [0.2, 0.25) is 0 Å². The highest BCUT2D eigenvalue weighted by atomic mass is 16.5. The number of benzene rings is 1. The van der Waals surface area contributed by atoms with Gasteiger partial charge in [0.2, 0.25) is 0 Å². The summed E-state index contributed by atoms with van der Waals surface area (Å²) in [6.45, 7) is 2.08. The second-order valence-electron chi connectivity index (χ2n) is 4.31. The van der Waals surface area contributed by atoms with Crippen LogP contribution >= 0.6 is 0 Å². The highest BCUT2D eigenvalue weighted by Crippen LogP contribution is 2.23. The topological polar surface area (TPSA) is 26.5 Å². The van der Waals surface area contributed by atoms with Crippen molar-refractivity contribution in [2.75, 3.05) is 7.11 Å². The van der Waals surface area contributed by atoms with Crippen molar-refractivity contribution in [3.05, 3.63) is 54.4 Å². The molecule has 3 aromatic rings. The molecule has 0 aliphatic heterocycles. The molecule has 0 saturated carbocycles. The van der Waals surface area contributed by atoms with Gasteiger partial charge in [-0.3, -0.25) is 4.40 Å². The lowest BCUT2D eigenvalue weighted by Crippen LogP contribution is -1.90. The summed E-state index contributed by atoms with van der Waals surface area (Å²) in [5, 5.41) is 0. The Morgan fingerprint density at radius 3 is 2.89 bits per heavy atom. The van der Waals surface area contributed by atoms with E-state index in [0.717, 1.165) is 22.7 Å². The summed E-state index contributed by atoms with van der Waals surface area (Å²) >= 11 is 0. The molecule has 0 amide bonds. The Bertz CT molecular complexity index is 701. The molecule has 0 radical (unpaired) electrons. The number of methoxy groups -OCH3 is 1. The van der Waals surface area contributed by atoms with E-state index < -0.39 is 0 Å². The molecule has 90 valence electrons. The van der Waals surface area contributed by atoms with Crippen molar-refractivity contribution in [2.24, 2.45) is 0 Å². The highest BCUT2D eigenvalue weighted by Gasteiger charge is 2.06. The summed E-state index contributed by atoms with van der Waals surface area (Å²) in [6.07, 6.45) is 3.94. The predicted molar refractivity (Wildman–Crippen MR) is 71.9 cm³/mol. The van der Waals surface area contributed by atoms with Gasteiger partial charge in [-0.15, -0.1) is 0 Å². The third-order valence-corrected chi connectivity index (χ3v) is 3.02. The smallest absolute Gasteiger partial charge is 0.144 e. The van der Waals surface area contributed by atoms with Crippen molar-refractivity contribution in [2.45, 2.75) is 6.92 Å². The first-order chi connectivity index (χ1) is 8.78. The van der Waals surface area contributed by atoms with Crippen molar-refractivity contribution in [1.29, 1.82) is 0 Å². The number of ether oxygens (including phenoxy) is 1. The normalized spacial score (nSPS) is 10.8. The standard InChI is InChI=1S/C15H14N2O/c1-11-6-7-17-13(8-11)10-16-15(17)12-4-3-5-14(9-12)18-2/h3-10H,1-2H3. The van der Waals surface area contributed by atoms with Gasteiger partial charge in [-0.25, -0.2) is 4.98 Å². The Balaban J connectivity index is 2.19. The van der Waals surface area contributed by atoms with Gasteiger partial charge in [0.05, 0.1) is 18.8 Å². The molecule has 0 spiro atoms. The molecular weight excluding hydrogens is 224 g/mol. The number of pyridine rings is 1. The van der Waals surface area contributed by atoms with E-state index in [2.05, 4.69) is 28.4 Å². The van der Waals surface area contributed by atoms with Crippen molar-refractivity contribution < 1.29 is 4.74 Å². The van der Waals surface area contributed by atoms with Gasteiger partial charge in [-0.2, -0.15) is 0 Å². The number of hydrogen-bond donors (Lipinski definition) is 0. The number of aryl methyl sites for hydroxylation is 1. The zero-order chi connectivity index (χ0) is 12.5. The molecule has 0 saturated heterocycles. The second-order valence-corrected chi connectivity index (χ2v) is 4.31. The molecule has 3 nitrogen and oxygen atoms in total. The van der Waals surface area contributed by atoms with Crippen LogP contribution in [0.3, 0.4) is 0 Å². The van der Waals surface area contributed by atoms with Crippen molar-refractivity contribution >= 4 is 5.52 Å². The van der Waals surface area contributed by atoms with Crippen LogP contribution in [0.5, 0.6) is 5.75 Å². The fourth-order valence-corrected chi connectivity index (χ4v) is 2.09. The van der Waals surface area contributed by atoms with Gasteiger partial charge < -0.3 is 4.74 Å². The minimum atomic E-state index is 0.844. The van der Waals surface area contributed by atoms with Crippen molar-refractivity contribution in [3.8, 4) is 17.1 Å². The number of aromatic nitrogens is 2. The van der Waals surface area contributed by atoms with E-state index >= 15 is 0 Å². The van der Waals surface area contributed by atoms with E-state index in [0.29, 0.717) is 0 Å². The second kappa shape index (κ2) is 4.18. The summed E-state index contributed by atoms with van der Waals surface area (Å²) < 4.78 is 7.33. The van der Waals surface area contributed by atoms with Crippen LogP contribution in [0.25, 0.3) is 16.9 Å². The summed E-state index contributed by atoms with van der Waals surface area (Å²) in [5.74, 6) is 1.78. The maximum absolute atomic E-state index is 5.25. The van der Waals surface area contributed by atoms with Crippen LogP contribution in [0.1, 0.15) is 5.56 Å². The molecule has 0 fully saturated rings. The summed E-state index contributed by atoms with van der Waals surface area (Å²) in [7, 11) is 1.67. The average Bonchev–Trinajstić information content (AvgIpc) is 2.81. The van der Waals surface area contributed by atoms with Gasteiger partial charge in [0.25, 0.3) is 0 Å². The van der Waals surface area contributed by atoms with Crippen molar-refractivity contribution in [3.63, 3.8) is 0 Å². The zero-order valence-electron chi connectivity index (χ0n) is 10.4. The third kappa shape index (κ3) is 1.74. The van der Waals surface area contributed by atoms with Crippen molar-refractivity contribution in [1.82, 2.24) is 9.38 Å². The molecule has 0 unspecified atom stereocenters. The van der Waals surface area contributed by atoms with E-state index in [1.807, 2.05) is 36.7 Å². The van der Waals surface area contributed by atoms with Crippen LogP contribution in [0, 0.1) is 6.92 Å². The number of hydrogen-bond acceptors (Lipinski definition) is 2. The van der Waals surface area contributed by atoms with Crippen LogP contribution in [-0.2, 0) is 0 Å². The van der Waals surface area contributed by atoms with E-state index in [1.165, 1.54) is 5.56 Å². The summed E-state index contributed by atoms with van der Waals surface area (Å²) in [6, 6.07) is 12.1. The van der Waals surface area contributed by atoms with Gasteiger partial charge in [0.1, 0.15) is 11.6 Å². The molecule has 0 aliphatic rings. The average molecular weight is 238 g/mol. The maximum Gasteiger partial charge on any atom is 0.144 e. The van der Waals surface area contributed by atoms with Gasteiger partial charge in [0.15, 0.2) is 0 Å². The zero-order valence-corrected chi connectivity index (χ0v) is 10.4. The first-order valence-electron chi connectivity index (χ1n) is 5.86. The number of nitrogens with zero attached hydrogens (tertiary/aromatic N) is 2. The fraction of sp³-hybridized carbons (Fsp3) is 0.133. The molecule has 2 heterocycles. The first kappa shape index (κ1) is 10.8. The van der Waals surface area contributed by atoms with E-state index in [-0.39, 0.29) is 0 Å². The third-order valence-electron chi connectivity index (χ3n) is 3.02. The quantitative estimate of drug-likeness (QED) is 0.684. The van der Waals surface area contributed by atoms with Gasteiger partial charge in [-0.05, 0) is 36.8 Å². The monoisotopic (exact) mass is 238 g/mol. The Morgan fingerprint density at radius 1 is 1.17 bits per heavy atom. The van der Waals surface area contributed by atoms with Crippen LogP contribution in [-0.4, -0.2) is 16.5 Å². The lowest BCUT2D eigenvalue weighted by molar-refractivity contribution is 0.415. The molecule has 0 N–H and O–H groups in total. The Kier molecular flexibility index (Phi) is 2.52. The van der Waals surface area contributed by atoms with Crippen LogP contribution in [0.4, 0.5) is 0 Å². The molecule has 1 aromatic carbocycles. The predicted octanol–water partition coefficient (Wildman–Crippen LogP) is 3.32. The molecule has 0 atom stereocenters. The van der Waals surface area contributed by atoms with Gasteiger partial charge in [-0.1, -0.05) is 12.1 Å². The molecule has 0 aliphatic carbocycles. The Labute approximate surface area is 106 Å². The number of rotatable bonds is 2. The lowest BCUT2D eigenvalue weighted by Gasteiger charge is -2.04. The highest BCUT2D eigenvalue weighted by molar-refractivity contribution is 5.64. The van der Waals surface area contributed by atoms with Crippen LogP contribution < -0.4 is 4.74 Å². The fourth-order valence-electron chi connectivity index (χ4n) is 2.09. The minimum absolute atomic E-state index is 0.844. The van der Waals surface area contributed by atoms with E-state index in [4.69, 9.17) is 4.74 Å².